The van der Waals surface area contributed by atoms with Gasteiger partial charge in [0.05, 0.1) is 11.7 Å². The van der Waals surface area contributed by atoms with E-state index in [1.54, 1.807) is 6.20 Å². The van der Waals surface area contributed by atoms with Gasteiger partial charge in [0, 0.05) is 32.6 Å². The number of rotatable bonds is 6. The minimum atomic E-state index is -0.0923. The fourth-order valence-electron chi connectivity index (χ4n) is 3.75. The fourth-order valence-corrected chi connectivity index (χ4v) is 3.75. The number of benzene rings is 1. The van der Waals surface area contributed by atoms with E-state index in [-0.39, 0.29) is 17.9 Å². The molecule has 142 valence electrons. The predicted octanol–water partition coefficient (Wildman–Crippen LogP) is 3.13. The minimum absolute atomic E-state index is 0.0491. The second-order valence-corrected chi connectivity index (χ2v) is 7.14. The lowest BCUT2D eigenvalue weighted by Crippen LogP contribution is -2.43. The number of nitrogens with zero attached hydrogens (tertiary/aromatic N) is 2. The molecule has 2 heterocycles. The molecule has 0 bridgehead atoms. The van der Waals surface area contributed by atoms with Gasteiger partial charge >= 0.3 is 0 Å². The van der Waals surface area contributed by atoms with Gasteiger partial charge in [-0.1, -0.05) is 36.4 Å². The van der Waals surface area contributed by atoms with Crippen molar-refractivity contribution >= 4 is 11.8 Å². The summed E-state index contributed by atoms with van der Waals surface area (Å²) in [6.45, 7) is 3.01. The van der Waals surface area contributed by atoms with Gasteiger partial charge in [0.1, 0.15) is 0 Å². The number of carbonyl (C=O) groups excluding carboxylic acids is 2. The van der Waals surface area contributed by atoms with E-state index in [0.717, 1.165) is 38.0 Å². The van der Waals surface area contributed by atoms with Crippen molar-refractivity contribution in [3.63, 3.8) is 0 Å². The fraction of sp³-hybridized carbons (Fsp3) is 0.409. The van der Waals surface area contributed by atoms with Gasteiger partial charge in [-0.25, -0.2) is 0 Å². The zero-order valence-corrected chi connectivity index (χ0v) is 15.8. The van der Waals surface area contributed by atoms with Crippen LogP contribution in [0.25, 0.3) is 0 Å². The zero-order valence-electron chi connectivity index (χ0n) is 15.8. The Kier molecular flexibility index (Phi) is 6.58. The van der Waals surface area contributed by atoms with E-state index in [2.05, 4.69) is 22.4 Å². The first kappa shape index (κ1) is 19.1. The Balaban J connectivity index is 1.55. The second kappa shape index (κ2) is 9.31. The number of aryl methyl sites for hydroxylation is 1. The summed E-state index contributed by atoms with van der Waals surface area (Å²) in [4.78, 5) is 30.6. The Morgan fingerprint density at radius 3 is 2.44 bits per heavy atom. The van der Waals surface area contributed by atoms with Crippen molar-refractivity contribution in [1.29, 1.82) is 0 Å². The van der Waals surface area contributed by atoms with Crippen LogP contribution in [-0.4, -0.2) is 34.8 Å². The molecule has 0 saturated carbocycles. The first-order valence-corrected chi connectivity index (χ1v) is 9.63. The summed E-state index contributed by atoms with van der Waals surface area (Å²) in [5, 5.41) is 3.05. The van der Waals surface area contributed by atoms with Gasteiger partial charge in [0.15, 0.2) is 0 Å². The molecule has 2 amide bonds. The average Bonchev–Trinajstić information content (AvgIpc) is 2.72. The molecule has 27 heavy (non-hydrogen) atoms. The van der Waals surface area contributed by atoms with Crippen LogP contribution in [0.1, 0.15) is 43.5 Å². The van der Waals surface area contributed by atoms with E-state index in [9.17, 15) is 9.59 Å². The Morgan fingerprint density at radius 1 is 1.11 bits per heavy atom. The van der Waals surface area contributed by atoms with Crippen molar-refractivity contribution in [1.82, 2.24) is 15.2 Å². The predicted molar refractivity (Wildman–Crippen MR) is 105 cm³/mol. The molecule has 0 spiro atoms. The first-order valence-electron chi connectivity index (χ1n) is 9.63. The molecular formula is C22H27N3O2. The molecular weight excluding hydrogens is 338 g/mol. The number of amides is 2. The summed E-state index contributed by atoms with van der Waals surface area (Å²) in [5.74, 6) is 0.459. The van der Waals surface area contributed by atoms with Crippen molar-refractivity contribution in [3.05, 3.63) is 66.0 Å². The van der Waals surface area contributed by atoms with E-state index < -0.39 is 0 Å². The SMILES string of the molecule is CC(=O)N[C@H](c1ccccn1)C1CCN(C(=O)CCc2ccccc2)CC1. The van der Waals surface area contributed by atoms with E-state index in [0.29, 0.717) is 12.3 Å². The standard InChI is InChI=1S/C22H27N3O2/c1-17(26)24-22(20-9-5-6-14-23-20)19-12-15-25(16-13-19)21(27)11-10-18-7-3-2-4-8-18/h2-9,14,19,22H,10-13,15-16H2,1H3,(H,24,26)/t22-/m0/s1. The molecule has 1 fully saturated rings. The van der Waals surface area contributed by atoms with Crippen LogP contribution in [-0.2, 0) is 16.0 Å². The Morgan fingerprint density at radius 2 is 1.81 bits per heavy atom. The van der Waals surface area contributed by atoms with Gasteiger partial charge in [-0.05, 0) is 42.9 Å². The summed E-state index contributed by atoms with van der Waals surface area (Å²) < 4.78 is 0. The lowest BCUT2D eigenvalue weighted by atomic mass is 9.87. The number of aromatic nitrogens is 1. The molecule has 5 heteroatoms. The summed E-state index contributed by atoms with van der Waals surface area (Å²) in [7, 11) is 0. The molecule has 1 aromatic heterocycles. The second-order valence-electron chi connectivity index (χ2n) is 7.14. The third-order valence-corrected chi connectivity index (χ3v) is 5.20. The summed E-state index contributed by atoms with van der Waals surface area (Å²) in [5.41, 5.74) is 2.09. The van der Waals surface area contributed by atoms with E-state index in [1.807, 2.05) is 41.3 Å². The summed E-state index contributed by atoms with van der Waals surface area (Å²) in [6, 6.07) is 15.8. The Labute approximate surface area is 160 Å². The number of nitrogens with one attached hydrogen (secondary N) is 1. The molecule has 1 aliphatic heterocycles. The minimum Gasteiger partial charge on any atom is -0.348 e. The molecule has 1 N–H and O–H groups in total. The van der Waals surface area contributed by atoms with Crippen LogP contribution in [0.4, 0.5) is 0 Å². The van der Waals surface area contributed by atoms with Gasteiger partial charge in [-0.3, -0.25) is 14.6 Å². The highest BCUT2D eigenvalue weighted by atomic mass is 16.2. The third kappa shape index (κ3) is 5.39. The lowest BCUT2D eigenvalue weighted by Gasteiger charge is -2.36. The highest BCUT2D eigenvalue weighted by Gasteiger charge is 2.30. The van der Waals surface area contributed by atoms with E-state index in [1.165, 1.54) is 12.5 Å². The average molecular weight is 365 g/mol. The molecule has 5 nitrogen and oxygen atoms in total. The topological polar surface area (TPSA) is 62.3 Å². The maximum absolute atomic E-state index is 12.5. The number of likely N-dealkylation sites (tertiary alicyclic amines) is 1. The first-order chi connectivity index (χ1) is 13.1. The zero-order chi connectivity index (χ0) is 19.1. The number of pyridine rings is 1. The molecule has 3 rings (SSSR count). The largest absolute Gasteiger partial charge is 0.348 e. The highest BCUT2D eigenvalue weighted by Crippen LogP contribution is 2.30. The van der Waals surface area contributed by atoms with Crippen molar-refractivity contribution in [3.8, 4) is 0 Å². The quantitative estimate of drug-likeness (QED) is 0.855. The highest BCUT2D eigenvalue weighted by molar-refractivity contribution is 5.76. The molecule has 0 radical (unpaired) electrons. The van der Waals surface area contributed by atoms with Crippen LogP contribution in [0.5, 0.6) is 0 Å². The molecule has 1 atom stereocenters. The summed E-state index contributed by atoms with van der Waals surface area (Å²) >= 11 is 0. The third-order valence-electron chi connectivity index (χ3n) is 5.20. The molecule has 1 aromatic carbocycles. The number of hydrogen-bond acceptors (Lipinski definition) is 3. The van der Waals surface area contributed by atoms with E-state index in [4.69, 9.17) is 0 Å². The van der Waals surface area contributed by atoms with Crippen molar-refractivity contribution in [2.24, 2.45) is 5.92 Å². The van der Waals surface area contributed by atoms with Crippen LogP contribution in [0, 0.1) is 5.92 Å². The van der Waals surface area contributed by atoms with E-state index >= 15 is 0 Å². The molecule has 1 aliphatic rings. The van der Waals surface area contributed by atoms with Gasteiger partial charge in [0.25, 0.3) is 0 Å². The molecule has 0 unspecified atom stereocenters. The molecule has 1 saturated heterocycles. The smallest absolute Gasteiger partial charge is 0.222 e. The van der Waals surface area contributed by atoms with Crippen LogP contribution >= 0.6 is 0 Å². The molecule has 2 aromatic rings. The van der Waals surface area contributed by atoms with Crippen LogP contribution in [0.3, 0.4) is 0 Å². The van der Waals surface area contributed by atoms with Gasteiger partial charge in [-0.2, -0.15) is 0 Å². The van der Waals surface area contributed by atoms with Crippen molar-refractivity contribution in [2.45, 2.75) is 38.6 Å². The number of piperidine rings is 1. The maximum atomic E-state index is 12.5. The van der Waals surface area contributed by atoms with Gasteiger partial charge < -0.3 is 10.2 Å². The van der Waals surface area contributed by atoms with Crippen molar-refractivity contribution < 1.29 is 9.59 Å². The van der Waals surface area contributed by atoms with Crippen molar-refractivity contribution in [2.75, 3.05) is 13.1 Å². The lowest BCUT2D eigenvalue weighted by molar-refractivity contribution is -0.133. The number of carbonyl (C=O) groups is 2. The monoisotopic (exact) mass is 365 g/mol. The number of hydrogen-bond donors (Lipinski definition) is 1. The Bertz CT molecular complexity index is 741. The van der Waals surface area contributed by atoms with Crippen LogP contribution in [0.15, 0.2) is 54.7 Å². The Hall–Kier alpha value is -2.69. The van der Waals surface area contributed by atoms with Gasteiger partial charge in [-0.15, -0.1) is 0 Å². The normalized spacial score (nSPS) is 16.0. The molecule has 0 aliphatic carbocycles. The van der Waals surface area contributed by atoms with Crippen LogP contribution < -0.4 is 5.32 Å². The van der Waals surface area contributed by atoms with Crippen LogP contribution in [0.2, 0.25) is 0 Å². The maximum Gasteiger partial charge on any atom is 0.222 e. The summed E-state index contributed by atoms with van der Waals surface area (Å²) in [6.07, 6.45) is 4.83. The van der Waals surface area contributed by atoms with Gasteiger partial charge in [0.2, 0.25) is 11.8 Å².